The summed E-state index contributed by atoms with van der Waals surface area (Å²) in [5.41, 5.74) is -0.237. The number of hydrogen-bond acceptors (Lipinski definition) is 2. The van der Waals surface area contributed by atoms with Gasteiger partial charge in [-0.25, -0.2) is 0 Å². The van der Waals surface area contributed by atoms with Crippen molar-refractivity contribution in [2.45, 2.75) is 38.2 Å². The summed E-state index contributed by atoms with van der Waals surface area (Å²) in [5.74, 6) is 0. The van der Waals surface area contributed by atoms with Crippen molar-refractivity contribution in [3.63, 3.8) is 0 Å². The molecule has 0 aliphatic carbocycles. The summed E-state index contributed by atoms with van der Waals surface area (Å²) in [7, 11) is 0. The molecule has 0 bridgehead atoms. The minimum atomic E-state index is -0.882. The molecule has 0 N–H and O–H groups in total. The zero-order chi connectivity index (χ0) is 9.12. The number of halogens is 1. The van der Waals surface area contributed by atoms with E-state index in [9.17, 15) is 4.79 Å². The molecule has 2 nitrogen and oxygen atoms in total. The summed E-state index contributed by atoms with van der Waals surface area (Å²) >= 11 is 5.73. The van der Waals surface area contributed by atoms with Gasteiger partial charge in [-0.3, -0.25) is 0 Å². The Kier molecular flexibility index (Phi) is 3.52. The van der Waals surface area contributed by atoms with Crippen LogP contribution in [0, 0.1) is 0 Å². The second-order valence-corrected chi connectivity index (χ2v) is 4.66. The van der Waals surface area contributed by atoms with E-state index in [0.29, 0.717) is 6.29 Å². The first-order chi connectivity index (χ1) is 4.77. The molecular weight excluding hydrogens is 164 g/mol. The molecule has 0 spiro atoms. The van der Waals surface area contributed by atoms with Crippen molar-refractivity contribution >= 4 is 17.9 Å². The minimum Gasteiger partial charge on any atom is -0.374 e. The maximum absolute atomic E-state index is 10.3. The maximum Gasteiger partial charge on any atom is 0.142 e. The lowest BCUT2D eigenvalue weighted by Gasteiger charge is -2.23. The summed E-state index contributed by atoms with van der Waals surface area (Å²) in [6.07, 6.45) is 0.695. The third-order valence-electron chi connectivity index (χ3n) is 1.03. The Morgan fingerprint density at radius 1 is 1.36 bits per heavy atom. The van der Waals surface area contributed by atoms with Gasteiger partial charge in [-0.1, -0.05) is 0 Å². The molecule has 3 heteroatoms. The van der Waals surface area contributed by atoms with Crippen molar-refractivity contribution in [1.29, 1.82) is 0 Å². The van der Waals surface area contributed by atoms with Gasteiger partial charge in [-0.05, 0) is 27.7 Å². The molecule has 1 unspecified atom stereocenters. The average molecular weight is 179 g/mol. The Balaban J connectivity index is 3.79. The summed E-state index contributed by atoms with van der Waals surface area (Å²) in [6, 6.07) is 0. The van der Waals surface area contributed by atoms with Crippen LogP contribution in [0.25, 0.3) is 0 Å². The normalized spacial score (nSPS) is 17.5. The van der Waals surface area contributed by atoms with Crippen LogP contribution in [0.2, 0.25) is 0 Å². The van der Waals surface area contributed by atoms with E-state index >= 15 is 0 Å². The zero-order valence-corrected chi connectivity index (χ0v) is 8.23. The van der Waals surface area contributed by atoms with Crippen LogP contribution in [-0.2, 0) is 9.53 Å². The highest BCUT2D eigenvalue weighted by molar-refractivity contribution is 6.31. The largest absolute Gasteiger partial charge is 0.374 e. The monoisotopic (exact) mass is 178 g/mol. The third-order valence-corrected chi connectivity index (χ3v) is 1.23. The molecule has 1 atom stereocenters. The number of alkyl halides is 1. The lowest BCUT2D eigenvalue weighted by atomic mass is 10.1. The standard InChI is InChI=1S/C8H15ClO2/c1-7(2,3)11-6-8(4,9)5-10/h5H,6H2,1-4H3. The molecule has 0 rings (SSSR count). The fourth-order valence-corrected chi connectivity index (χ4v) is 0.446. The summed E-state index contributed by atoms with van der Waals surface area (Å²) < 4.78 is 5.32. The summed E-state index contributed by atoms with van der Waals surface area (Å²) in [4.78, 5) is 9.45. The predicted molar refractivity (Wildman–Crippen MR) is 46.0 cm³/mol. The molecule has 0 heterocycles. The van der Waals surface area contributed by atoms with E-state index in [1.54, 1.807) is 6.92 Å². The quantitative estimate of drug-likeness (QED) is 0.488. The summed E-state index contributed by atoms with van der Waals surface area (Å²) in [6.45, 7) is 7.65. The van der Waals surface area contributed by atoms with Crippen LogP contribution in [0.4, 0.5) is 0 Å². The first-order valence-corrected chi connectivity index (χ1v) is 3.94. The van der Waals surface area contributed by atoms with Crippen molar-refractivity contribution in [3.05, 3.63) is 0 Å². The fourth-order valence-electron chi connectivity index (χ4n) is 0.392. The van der Waals surface area contributed by atoms with E-state index in [0.717, 1.165) is 0 Å². The van der Waals surface area contributed by atoms with Crippen LogP contribution in [0.3, 0.4) is 0 Å². The number of rotatable bonds is 3. The van der Waals surface area contributed by atoms with Gasteiger partial charge in [-0.2, -0.15) is 0 Å². The number of aldehydes is 1. The molecule has 11 heavy (non-hydrogen) atoms. The van der Waals surface area contributed by atoms with Crippen LogP contribution in [0.5, 0.6) is 0 Å². The second kappa shape index (κ2) is 3.55. The number of carbonyl (C=O) groups is 1. The Morgan fingerprint density at radius 3 is 2.09 bits per heavy atom. The first-order valence-electron chi connectivity index (χ1n) is 3.56. The van der Waals surface area contributed by atoms with Gasteiger partial charge in [0.05, 0.1) is 12.2 Å². The van der Waals surface area contributed by atoms with Crippen molar-refractivity contribution in [1.82, 2.24) is 0 Å². The smallest absolute Gasteiger partial charge is 0.142 e. The van der Waals surface area contributed by atoms with Crippen LogP contribution >= 0.6 is 11.6 Å². The lowest BCUT2D eigenvalue weighted by Crippen LogP contribution is -2.31. The Labute approximate surface area is 72.9 Å². The molecule has 0 aromatic rings. The molecule has 0 fully saturated rings. The molecule has 0 radical (unpaired) electrons. The van der Waals surface area contributed by atoms with Gasteiger partial charge in [0.25, 0.3) is 0 Å². The van der Waals surface area contributed by atoms with Gasteiger partial charge < -0.3 is 9.53 Å². The van der Waals surface area contributed by atoms with Gasteiger partial charge in [0.1, 0.15) is 11.2 Å². The van der Waals surface area contributed by atoms with E-state index in [-0.39, 0.29) is 12.2 Å². The molecule has 66 valence electrons. The highest BCUT2D eigenvalue weighted by atomic mass is 35.5. The maximum atomic E-state index is 10.3. The average Bonchev–Trinajstić information content (AvgIpc) is 1.83. The summed E-state index contributed by atoms with van der Waals surface area (Å²) in [5, 5.41) is 0. The van der Waals surface area contributed by atoms with E-state index < -0.39 is 4.87 Å². The van der Waals surface area contributed by atoms with Gasteiger partial charge in [0.15, 0.2) is 0 Å². The van der Waals surface area contributed by atoms with Crippen molar-refractivity contribution < 1.29 is 9.53 Å². The Bertz CT molecular complexity index is 136. The molecule has 0 saturated carbocycles. The number of carbonyl (C=O) groups excluding carboxylic acids is 1. The lowest BCUT2D eigenvalue weighted by molar-refractivity contribution is -0.112. The topological polar surface area (TPSA) is 26.3 Å². The predicted octanol–water partition coefficient (Wildman–Crippen LogP) is 2.00. The van der Waals surface area contributed by atoms with E-state index in [4.69, 9.17) is 16.3 Å². The third kappa shape index (κ3) is 6.32. The molecular formula is C8H15ClO2. The van der Waals surface area contributed by atoms with E-state index in [2.05, 4.69) is 0 Å². The van der Waals surface area contributed by atoms with Gasteiger partial charge >= 0.3 is 0 Å². The SMILES string of the molecule is CC(Cl)(C=O)COC(C)(C)C. The molecule has 0 aromatic heterocycles. The zero-order valence-electron chi connectivity index (χ0n) is 7.48. The minimum absolute atomic E-state index is 0.237. The van der Waals surface area contributed by atoms with E-state index in [1.807, 2.05) is 20.8 Å². The fraction of sp³-hybridized carbons (Fsp3) is 0.875. The van der Waals surface area contributed by atoms with Gasteiger partial charge in [-0.15, -0.1) is 11.6 Å². The van der Waals surface area contributed by atoms with Crippen LogP contribution in [-0.4, -0.2) is 23.4 Å². The van der Waals surface area contributed by atoms with Crippen molar-refractivity contribution in [2.24, 2.45) is 0 Å². The first kappa shape index (κ1) is 10.9. The van der Waals surface area contributed by atoms with Crippen LogP contribution in [0.15, 0.2) is 0 Å². The highest BCUT2D eigenvalue weighted by Gasteiger charge is 2.23. The molecule has 0 aliphatic rings. The number of hydrogen-bond donors (Lipinski definition) is 0. The molecule has 0 aromatic carbocycles. The Hall–Kier alpha value is -0.0800. The molecule has 0 saturated heterocycles. The van der Waals surface area contributed by atoms with Crippen LogP contribution < -0.4 is 0 Å². The molecule has 0 aliphatic heterocycles. The van der Waals surface area contributed by atoms with E-state index in [1.165, 1.54) is 0 Å². The Morgan fingerprint density at radius 2 is 1.82 bits per heavy atom. The van der Waals surface area contributed by atoms with Crippen LogP contribution in [0.1, 0.15) is 27.7 Å². The second-order valence-electron chi connectivity index (χ2n) is 3.80. The van der Waals surface area contributed by atoms with Gasteiger partial charge in [0.2, 0.25) is 0 Å². The highest BCUT2D eigenvalue weighted by Crippen LogP contribution is 2.15. The van der Waals surface area contributed by atoms with Gasteiger partial charge in [0, 0.05) is 0 Å². The van der Waals surface area contributed by atoms with Crippen molar-refractivity contribution in [3.8, 4) is 0 Å². The molecule has 0 amide bonds. The number of ether oxygens (including phenoxy) is 1. The van der Waals surface area contributed by atoms with Crippen molar-refractivity contribution in [2.75, 3.05) is 6.61 Å².